The summed E-state index contributed by atoms with van der Waals surface area (Å²) in [6.45, 7) is 0. The molecule has 0 amide bonds. The topological polar surface area (TPSA) is 77.8 Å². The number of phenols is 3. The van der Waals surface area contributed by atoms with Crippen molar-refractivity contribution in [2.75, 3.05) is 0 Å². The van der Waals surface area contributed by atoms with Crippen LogP contribution in [0.5, 0.6) is 17.2 Å². The minimum atomic E-state index is -0.413. The predicted molar refractivity (Wildman–Crippen MR) is 71.2 cm³/mol. The van der Waals surface area contributed by atoms with E-state index >= 15 is 0 Å². The number of benzene rings is 2. The van der Waals surface area contributed by atoms with Gasteiger partial charge in [-0.3, -0.25) is 4.79 Å². The van der Waals surface area contributed by atoms with Crippen LogP contribution in [-0.4, -0.2) is 21.1 Å². The Bertz CT molecular complexity index is 630. The fraction of sp³-hybridized carbons (Fsp3) is 0. The fourth-order valence-corrected chi connectivity index (χ4v) is 1.58. The van der Waals surface area contributed by atoms with E-state index in [-0.39, 0.29) is 22.8 Å². The van der Waals surface area contributed by atoms with Crippen molar-refractivity contribution in [2.45, 2.75) is 0 Å². The van der Waals surface area contributed by atoms with Gasteiger partial charge in [0, 0.05) is 17.2 Å². The van der Waals surface area contributed by atoms with E-state index in [0.717, 1.165) is 6.07 Å². The van der Waals surface area contributed by atoms with Crippen molar-refractivity contribution in [2.24, 2.45) is 0 Å². The first-order valence-electron chi connectivity index (χ1n) is 5.60. The molecule has 2 aromatic carbocycles. The van der Waals surface area contributed by atoms with Gasteiger partial charge in [0.15, 0.2) is 17.3 Å². The van der Waals surface area contributed by atoms with Crippen molar-refractivity contribution in [1.82, 2.24) is 0 Å². The summed E-state index contributed by atoms with van der Waals surface area (Å²) >= 11 is 0. The first-order valence-corrected chi connectivity index (χ1v) is 5.60. The molecule has 3 N–H and O–H groups in total. The maximum absolute atomic E-state index is 11.8. The third kappa shape index (κ3) is 2.93. The quantitative estimate of drug-likeness (QED) is 0.341. The first kappa shape index (κ1) is 12.7. The van der Waals surface area contributed by atoms with Gasteiger partial charge in [0.1, 0.15) is 5.75 Å². The molecule has 0 spiro atoms. The second-order valence-corrected chi connectivity index (χ2v) is 3.96. The summed E-state index contributed by atoms with van der Waals surface area (Å²) in [5.41, 5.74) is 0.779. The minimum absolute atomic E-state index is 0.215. The highest BCUT2D eigenvalue weighted by molar-refractivity contribution is 6.06. The molecule has 2 rings (SSSR count). The number of hydrogen-bond donors (Lipinski definition) is 3. The largest absolute Gasteiger partial charge is 0.507 e. The number of carbonyl (C=O) groups excluding carboxylic acids is 1. The first-order chi connectivity index (χ1) is 9.08. The Labute approximate surface area is 109 Å². The van der Waals surface area contributed by atoms with Gasteiger partial charge >= 0.3 is 0 Å². The normalized spacial score (nSPS) is 10.7. The van der Waals surface area contributed by atoms with Crippen molar-refractivity contribution < 1.29 is 20.1 Å². The van der Waals surface area contributed by atoms with E-state index in [1.807, 2.05) is 6.07 Å². The summed E-state index contributed by atoms with van der Waals surface area (Å²) in [5.74, 6) is -1.20. The molecule has 4 heteroatoms. The van der Waals surface area contributed by atoms with Gasteiger partial charge in [-0.2, -0.15) is 0 Å². The molecule has 0 radical (unpaired) electrons. The zero-order valence-electron chi connectivity index (χ0n) is 9.95. The number of ketones is 1. The lowest BCUT2D eigenvalue weighted by molar-refractivity contribution is 0.104. The molecule has 0 unspecified atom stereocenters. The lowest BCUT2D eigenvalue weighted by Crippen LogP contribution is -1.92. The molecule has 0 saturated heterocycles. The molecule has 0 aliphatic rings. The second-order valence-electron chi connectivity index (χ2n) is 3.96. The molecule has 4 nitrogen and oxygen atoms in total. The van der Waals surface area contributed by atoms with Crippen LogP contribution in [0.15, 0.2) is 48.5 Å². The molecular formula is C15H12O4. The minimum Gasteiger partial charge on any atom is -0.507 e. The standard InChI is InChI=1S/C15H12O4/c16-12(10-4-2-1-3-5-10)7-6-11-8-14(18)15(19)9-13(11)17/h1-9,17-19H/b7-6+. The summed E-state index contributed by atoms with van der Waals surface area (Å²) in [4.78, 5) is 11.8. The van der Waals surface area contributed by atoms with Crippen LogP contribution >= 0.6 is 0 Å². The number of phenolic OH excluding ortho intramolecular Hbond substituents is 3. The Morgan fingerprint density at radius 2 is 1.53 bits per heavy atom. The summed E-state index contributed by atoms with van der Waals surface area (Å²) in [5, 5.41) is 28.1. The monoisotopic (exact) mass is 256 g/mol. The molecule has 96 valence electrons. The lowest BCUT2D eigenvalue weighted by atomic mass is 10.1. The molecule has 0 fully saturated rings. The average Bonchev–Trinajstić information content (AvgIpc) is 2.42. The lowest BCUT2D eigenvalue weighted by Gasteiger charge is -2.02. The summed E-state index contributed by atoms with van der Waals surface area (Å²) in [6.07, 6.45) is 2.67. The Morgan fingerprint density at radius 1 is 0.895 bits per heavy atom. The van der Waals surface area contributed by atoms with Crippen molar-refractivity contribution in [3.05, 3.63) is 59.7 Å². The molecule has 0 bridgehead atoms. The van der Waals surface area contributed by atoms with Crippen LogP contribution < -0.4 is 0 Å². The van der Waals surface area contributed by atoms with E-state index in [1.165, 1.54) is 18.2 Å². The van der Waals surface area contributed by atoms with E-state index in [0.29, 0.717) is 5.56 Å². The van der Waals surface area contributed by atoms with Crippen molar-refractivity contribution in [3.63, 3.8) is 0 Å². The molecule has 0 heterocycles. The van der Waals surface area contributed by atoms with Gasteiger partial charge in [-0.1, -0.05) is 30.3 Å². The van der Waals surface area contributed by atoms with E-state index in [9.17, 15) is 20.1 Å². The van der Waals surface area contributed by atoms with Gasteiger partial charge in [0.25, 0.3) is 0 Å². The van der Waals surface area contributed by atoms with Crippen molar-refractivity contribution in [1.29, 1.82) is 0 Å². The second kappa shape index (κ2) is 5.27. The Morgan fingerprint density at radius 3 is 2.21 bits per heavy atom. The van der Waals surface area contributed by atoms with Crippen LogP contribution in [0.3, 0.4) is 0 Å². The van der Waals surface area contributed by atoms with E-state index in [1.54, 1.807) is 24.3 Å². The average molecular weight is 256 g/mol. The number of aromatic hydroxyl groups is 3. The zero-order chi connectivity index (χ0) is 13.8. The third-order valence-corrected chi connectivity index (χ3v) is 2.60. The Hall–Kier alpha value is -2.75. The zero-order valence-corrected chi connectivity index (χ0v) is 9.95. The maximum atomic E-state index is 11.8. The highest BCUT2D eigenvalue weighted by atomic mass is 16.3. The number of hydrogen-bond acceptors (Lipinski definition) is 4. The van der Waals surface area contributed by atoms with Crippen LogP contribution in [0.1, 0.15) is 15.9 Å². The van der Waals surface area contributed by atoms with E-state index in [2.05, 4.69) is 0 Å². The van der Waals surface area contributed by atoms with Crippen LogP contribution in [-0.2, 0) is 0 Å². The predicted octanol–water partition coefficient (Wildman–Crippen LogP) is 2.70. The Balaban J connectivity index is 2.24. The third-order valence-electron chi connectivity index (χ3n) is 2.60. The van der Waals surface area contributed by atoms with E-state index in [4.69, 9.17) is 0 Å². The smallest absolute Gasteiger partial charge is 0.185 e. The highest BCUT2D eigenvalue weighted by Crippen LogP contribution is 2.32. The van der Waals surface area contributed by atoms with Gasteiger partial charge in [0.2, 0.25) is 0 Å². The van der Waals surface area contributed by atoms with Crippen molar-refractivity contribution in [3.8, 4) is 17.2 Å². The van der Waals surface area contributed by atoms with Gasteiger partial charge < -0.3 is 15.3 Å². The van der Waals surface area contributed by atoms with E-state index < -0.39 is 5.75 Å². The van der Waals surface area contributed by atoms with Gasteiger partial charge in [0.05, 0.1) is 0 Å². The summed E-state index contributed by atoms with van der Waals surface area (Å²) in [7, 11) is 0. The van der Waals surface area contributed by atoms with Crippen LogP contribution in [0, 0.1) is 0 Å². The highest BCUT2D eigenvalue weighted by Gasteiger charge is 2.06. The van der Waals surface area contributed by atoms with Gasteiger partial charge in [-0.05, 0) is 18.2 Å². The van der Waals surface area contributed by atoms with Gasteiger partial charge in [-0.25, -0.2) is 0 Å². The molecule has 0 aromatic heterocycles. The van der Waals surface area contributed by atoms with Crippen molar-refractivity contribution >= 4 is 11.9 Å². The molecule has 0 atom stereocenters. The number of allylic oxidation sites excluding steroid dienone is 1. The maximum Gasteiger partial charge on any atom is 0.185 e. The number of carbonyl (C=O) groups is 1. The molecule has 0 aliphatic carbocycles. The Kier molecular flexibility index (Phi) is 3.52. The van der Waals surface area contributed by atoms with Crippen LogP contribution in [0.25, 0.3) is 6.08 Å². The summed E-state index contributed by atoms with van der Waals surface area (Å²) in [6, 6.07) is 10.9. The SMILES string of the molecule is O=C(/C=C/c1cc(O)c(O)cc1O)c1ccccc1. The molecule has 19 heavy (non-hydrogen) atoms. The van der Waals surface area contributed by atoms with Crippen LogP contribution in [0.2, 0.25) is 0 Å². The fourth-order valence-electron chi connectivity index (χ4n) is 1.58. The molecule has 2 aromatic rings. The molecule has 0 aliphatic heterocycles. The summed E-state index contributed by atoms with van der Waals surface area (Å²) < 4.78 is 0. The van der Waals surface area contributed by atoms with Gasteiger partial charge in [-0.15, -0.1) is 0 Å². The molecular weight excluding hydrogens is 244 g/mol. The number of rotatable bonds is 3. The van der Waals surface area contributed by atoms with Crippen LogP contribution in [0.4, 0.5) is 0 Å². The molecule has 0 saturated carbocycles.